The summed E-state index contributed by atoms with van der Waals surface area (Å²) in [7, 11) is 0. The van der Waals surface area contributed by atoms with Gasteiger partial charge in [-0.1, -0.05) is 35.0 Å². The minimum absolute atomic E-state index is 0.127. The Morgan fingerprint density at radius 3 is 2.92 bits per heavy atom. The van der Waals surface area contributed by atoms with Gasteiger partial charge >= 0.3 is 0 Å². The van der Waals surface area contributed by atoms with Crippen LogP contribution in [0.25, 0.3) is 11.4 Å². The van der Waals surface area contributed by atoms with Gasteiger partial charge in [0.05, 0.1) is 19.8 Å². The van der Waals surface area contributed by atoms with Crippen LogP contribution in [0.15, 0.2) is 28.8 Å². The zero-order chi connectivity index (χ0) is 16.6. The van der Waals surface area contributed by atoms with Crippen molar-refractivity contribution >= 4 is 0 Å². The normalized spacial score (nSPS) is 27.3. The van der Waals surface area contributed by atoms with E-state index in [9.17, 15) is 5.11 Å². The van der Waals surface area contributed by atoms with E-state index in [4.69, 9.17) is 9.26 Å². The highest BCUT2D eigenvalue weighted by Gasteiger charge is 2.48. The van der Waals surface area contributed by atoms with Gasteiger partial charge in [-0.3, -0.25) is 4.90 Å². The van der Waals surface area contributed by atoms with E-state index in [1.165, 1.54) is 5.56 Å². The second-order valence-corrected chi connectivity index (χ2v) is 7.11. The van der Waals surface area contributed by atoms with E-state index >= 15 is 0 Å². The fraction of sp³-hybridized carbons (Fsp3) is 0.556. The molecule has 0 saturated carbocycles. The predicted molar refractivity (Wildman–Crippen MR) is 88.2 cm³/mol. The summed E-state index contributed by atoms with van der Waals surface area (Å²) in [6.07, 6.45) is 1.01. The molecule has 2 aliphatic rings. The van der Waals surface area contributed by atoms with Gasteiger partial charge in [-0.2, -0.15) is 4.98 Å². The second kappa shape index (κ2) is 6.27. The van der Waals surface area contributed by atoms with E-state index < -0.39 is 0 Å². The predicted octanol–water partition coefficient (Wildman–Crippen LogP) is 1.88. The maximum atomic E-state index is 9.85. The molecule has 2 fully saturated rings. The number of hydrogen-bond acceptors (Lipinski definition) is 6. The molecule has 0 spiro atoms. The SMILES string of the molecule is Cc1ccc(-c2noc(CN3C[C@@H]4CCOC[C@]4(CO)C3)n2)cc1. The zero-order valence-corrected chi connectivity index (χ0v) is 13.9. The fourth-order valence-corrected chi connectivity index (χ4v) is 3.88. The molecule has 1 aromatic carbocycles. The molecule has 0 aliphatic carbocycles. The Hall–Kier alpha value is -1.76. The summed E-state index contributed by atoms with van der Waals surface area (Å²) < 4.78 is 11.0. The van der Waals surface area contributed by atoms with Crippen LogP contribution in [0.2, 0.25) is 0 Å². The smallest absolute Gasteiger partial charge is 0.241 e. The van der Waals surface area contributed by atoms with Gasteiger partial charge in [-0.15, -0.1) is 0 Å². The molecule has 128 valence electrons. The molecule has 1 N–H and O–H groups in total. The van der Waals surface area contributed by atoms with E-state index in [1.54, 1.807) is 0 Å². The number of nitrogens with zero attached hydrogens (tertiary/aromatic N) is 3. The minimum Gasteiger partial charge on any atom is -0.396 e. The first-order chi connectivity index (χ1) is 11.7. The molecule has 2 atom stereocenters. The fourth-order valence-electron chi connectivity index (χ4n) is 3.88. The minimum atomic E-state index is -0.127. The number of aliphatic hydroxyl groups is 1. The molecule has 0 radical (unpaired) electrons. The van der Waals surface area contributed by atoms with E-state index in [0.717, 1.165) is 31.7 Å². The van der Waals surface area contributed by atoms with Crippen LogP contribution in [0, 0.1) is 18.3 Å². The number of benzene rings is 1. The molecular weight excluding hydrogens is 306 g/mol. The van der Waals surface area contributed by atoms with Crippen LogP contribution in [-0.2, 0) is 11.3 Å². The summed E-state index contributed by atoms with van der Waals surface area (Å²) in [6, 6.07) is 8.10. The van der Waals surface area contributed by atoms with Gasteiger partial charge in [0.15, 0.2) is 0 Å². The molecule has 3 heterocycles. The lowest BCUT2D eigenvalue weighted by molar-refractivity contribution is -0.0562. The zero-order valence-electron chi connectivity index (χ0n) is 13.9. The highest BCUT2D eigenvalue weighted by atomic mass is 16.5. The number of hydrogen-bond donors (Lipinski definition) is 1. The highest BCUT2D eigenvalue weighted by Crippen LogP contribution is 2.41. The summed E-state index contributed by atoms with van der Waals surface area (Å²) in [5, 5.41) is 14.0. The average molecular weight is 329 g/mol. The number of aryl methyl sites for hydroxylation is 1. The quantitative estimate of drug-likeness (QED) is 0.923. The number of aliphatic hydroxyl groups excluding tert-OH is 1. The van der Waals surface area contributed by atoms with Gasteiger partial charge in [0.1, 0.15) is 0 Å². The van der Waals surface area contributed by atoms with Gasteiger partial charge in [0.25, 0.3) is 0 Å². The lowest BCUT2D eigenvalue weighted by Crippen LogP contribution is -2.42. The maximum Gasteiger partial charge on any atom is 0.241 e. The van der Waals surface area contributed by atoms with Crippen LogP contribution < -0.4 is 0 Å². The van der Waals surface area contributed by atoms with E-state index in [2.05, 4.69) is 22.0 Å². The van der Waals surface area contributed by atoms with Gasteiger partial charge in [-0.05, 0) is 19.3 Å². The summed E-state index contributed by atoms with van der Waals surface area (Å²) in [4.78, 5) is 6.82. The van der Waals surface area contributed by atoms with Crippen LogP contribution in [0.4, 0.5) is 0 Å². The third kappa shape index (κ3) is 2.85. The summed E-state index contributed by atoms with van der Waals surface area (Å²) in [6.45, 7) is 6.05. The van der Waals surface area contributed by atoms with Crippen molar-refractivity contribution < 1.29 is 14.4 Å². The molecular formula is C18H23N3O3. The third-order valence-electron chi connectivity index (χ3n) is 5.33. The van der Waals surface area contributed by atoms with Crippen LogP contribution in [0.3, 0.4) is 0 Å². The Bertz CT molecular complexity index is 700. The molecule has 6 nitrogen and oxygen atoms in total. The first-order valence-electron chi connectivity index (χ1n) is 8.49. The van der Waals surface area contributed by atoms with Crippen molar-refractivity contribution in [1.29, 1.82) is 0 Å². The molecule has 24 heavy (non-hydrogen) atoms. The third-order valence-corrected chi connectivity index (χ3v) is 5.33. The van der Waals surface area contributed by atoms with E-state index in [-0.39, 0.29) is 12.0 Å². The number of rotatable bonds is 4. The van der Waals surface area contributed by atoms with Crippen molar-refractivity contribution in [3.63, 3.8) is 0 Å². The summed E-state index contributed by atoms with van der Waals surface area (Å²) in [5.41, 5.74) is 2.04. The maximum absolute atomic E-state index is 9.85. The molecule has 1 aromatic heterocycles. The summed E-state index contributed by atoms with van der Waals surface area (Å²) >= 11 is 0. The Morgan fingerprint density at radius 1 is 1.33 bits per heavy atom. The molecule has 2 aromatic rings. The number of ether oxygens (including phenoxy) is 1. The van der Waals surface area contributed by atoms with Gasteiger partial charge in [0.2, 0.25) is 11.7 Å². The lowest BCUT2D eigenvalue weighted by Gasteiger charge is -2.36. The molecule has 4 rings (SSSR count). The Kier molecular flexibility index (Phi) is 4.12. The molecule has 2 aliphatic heterocycles. The lowest BCUT2D eigenvalue weighted by atomic mass is 9.76. The van der Waals surface area contributed by atoms with Crippen LogP contribution in [0.5, 0.6) is 0 Å². The van der Waals surface area contributed by atoms with Crippen LogP contribution in [-0.4, -0.2) is 53.1 Å². The van der Waals surface area contributed by atoms with Gasteiger partial charge in [0, 0.05) is 30.7 Å². The largest absolute Gasteiger partial charge is 0.396 e. The number of fused-ring (bicyclic) bond motifs is 1. The molecule has 0 amide bonds. The molecule has 2 saturated heterocycles. The standard InChI is InChI=1S/C18H23N3O3/c1-13-2-4-14(5-3-13)17-19-16(24-20-17)9-21-8-15-6-7-23-12-18(15,10-21)11-22/h2-5,15,22H,6-12H2,1H3/t15-,18+/m0/s1. The molecule has 6 heteroatoms. The first-order valence-corrected chi connectivity index (χ1v) is 8.49. The number of aromatic nitrogens is 2. The van der Waals surface area contributed by atoms with Gasteiger partial charge < -0.3 is 14.4 Å². The topological polar surface area (TPSA) is 71.6 Å². The van der Waals surface area contributed by atoms with Crippen LogP contribution in [0.1, 0.15) is 17.9 Å². The molecule has 0 unspecified atom stereocenters. The van der Waals surface area contributed by atoms with Gasteiger partial charge in [-0.25, -0.2) is 0 Å². The van der Waals surface area contributed by atoms with Crippen molar-refractivity contribution in [2.24, 2.45) is 11.3 Å². The number of likely N-dealkylation sites (tertiary alicyclic amines) is 1. The van der Waals surface area contributed by atoms with Crippen molar-refractivity contribution in [2.75, 3.05) is 32.9 Å². The van der Waals surface area contributed by atoms with Crippen molar-refractivity contribution in [3.05, 3.63) is 35.7 Å². The van der Waals surface area contributed by atoms with Crippen molar-refractivity contribution in [1.82, 2.24) is 15.0 Å². The molecule has 0 bridgehead atoms. The average Bonchev–Trinajstić information content (AvgIpc) is 3.20. The van der Waals surface area contributed by atoms with Crippen molar-refractivity contribution in [2.45, 2.75) is 19.9 Å². The summed E-state index contributed by atoms with van der Waals surface area (Å²) in [5.74, 6) is 1.73. The van der Waals surface area contributed by atoms with E-state index in [1.807, 2.05) is 24.3 Å². The Labute approximate surface area is 141 Å². The van der Waals surface area contributed by atoms with Crippen molar-refractivity contribution in [3.8, 4) is 11.4 Å². The Balaban J connectivity index is 1.46. The van der Waals surface area contributed by atoms with Crippen LogP contribution >= 0.6 is 0 Å². The highest BCUT2D eigenvalue weighted by molar-refractivity contribution is 5.54. The van der Waals surface area contributed by atoms with E-state index in [0.29, 0.717) is 30.8 Å². The Morgan fingerprint density at radius 2 is 2.17 bits per heavy atom. The first kappa shape index (κ1) is 15.7. The second-order valence-electron chi connectivity index (χ2n) is 7.11. The monoisotopic (exact) mass is 329 g/mol.